The maximum Gasteiger partial charge on any atom is 0.262 e. The Morgan fingerprint density at radius 2 is 1.61 bits per heavy atom. The van der Waals surface area contributed by atoms with Crippen molar-refractivity contribution < 1.29 is 42.3 Å². The number of fused-ring (bicyclic) bond motifs is 2. The van der Waals surface area contributed by atoms with Gasteiger partial charge in [0, 0.05) is 88.0 Å². The Bertz CT molecular complexity index is 3010. The first-order valence-corrected chi connectivity index (χ1v) is 27.1. The van der Waals surface area contributed by atoms with Crippen LogP contribution in [0.3, 0.4) is 0 Å². The summed E-state index contributed by atoms with van der Waals surface area (Å²) in [6, 6.07) is 9.14. The lowest BCUT2D eigenvalue weighted by Gasteiger charge is -2.39. The van der Waals surface area contributed by atoms with Gasteiger partial charge in [-0.05, 0) is 97.7 Å². The maximum absolute atomic E-state index is 15.6. The number of hydrogen-bond acceptors (Lipinski definition) is 16. The Hall–Kier alpha value is -6.57. The molecule has 1 atom stereocenters. The lowest BCUT2D eigenvalue weighted by Crippen LogP contribution is -2.54. The number of nitrogens with one attached hydrogen (secondary N) is 3. The Morgan fingerprint density at radius 3 is 2.31 bits per heavy atom. The zero-order valence-corrected chi connectivity index (χ0v) is 42.3. The van der Waals surface area contributed by atoms with E-state index in [0.29, 0.717) is 82.4 Å². The fraction of sp³-hybridized carbons (Fsp3) is 0.408. The monoisotopic (exact) mass is 1050 g/mol. The van der Waals surface area contributed by atoms with Crippen LogP contribution in [-0.2, 0) is 21.2 Å². The van der Waals surface area contributed by atoms with E-state index in [0.717, 1.165) is 79.8 Å². The molecule has 19 nitrogen and oxygen atoms in total. The van der Waals surface area contributed by atoms with E-state index in [1.54, 1.807) is 37.4 Å². The van der Waals surface area contributed by atoms with Crippen LogP contribution in [0.1, 0.15) is 52.8 Å². The number of aryl methyl sites for hydroxylation is 1. The number of hydrogen-bond donors (Lipinski definition) is 3. The predicted molar refractivity (Wildman–Crippen MR) is 269 cm³/mol. The number of halogens is 2. The molecule has 0 radical (unpaired) electrons. The molecule has 10 rings (SSSR count). The number of imide groups is 2. The second-order valence-electron chi connectivity index (χ2n) is 18.8. The number of ether oxygens (including phenoxy) is 3. The molecule has 3 fully saturated rings. The van der Waals surface area contributed by atoms with Gasteiger partial charge in [-0.15, -0.1) is 0 Å². The fourth-order valence-corrected chi connectivity index (χ4v) is 11.8. The lowest BCUT2D eigenvalue weighted by molar-refractivity contribution is -0.136. The first-order valence-electron chi connectivity index (χ1n) is 23.7. The summed E-state index contributed by atoms with van der Waals surface area (Å²) in [4.78, 5) is 67.9. The minimum atomic E-state index is -2.84. The number of aromatic nitrogens is 4. The minimum absolute atomic E-state index is 0.0109. The zero-order chi connectivity index (χ0) is 49.7. The van der Waals surface area contributed by atoms with Gasteiger partial charge in [-0.1, -0.05) is 0 Å². The van der Waals surface area contributed by atoms with E-state index in [9.17, 15) is 23.7 Å². The van der Waals surface area contributed by atoms with Gasteiger partial charge in [-0.25, -0.2) is 9.37 Å². The van der Waals surface area contributed by atoms with Gasteiger partial charge in [0.15, 0.2) is 11.5 Å². The summed E-state index contributed by atoms with van der Waals surface area (Å²) in [7, 11) is 0.677. The molecule has 5 aromatic rings. The first kappa shape index (κ1) is 48.1. The number of piperidine rings is 2. The van der Waals surface area contributed by atoms with Gasteiger partial charge in [0.05, 0.1) is 51.3 Å². The number of piperazine rings is 1. The van der Waals surface area contributed by atoms with E-state index >= 15 is 4.39 Å². The Morgan fingerprint density at radius 1 is 0.873 bits per heavy atom. The molecule has 3 N–H and O–H groups in total. The molecule has 3 aromatic carbocycles. The number of rotatable bonds is 13. The van der Waals surface area contributed by atoms with Crippen molar-refractivity contribution >= 4 is 86.5 Å². The summed E-state index contributed by atoms with van der Waals surface area (Å²) in [5, 5.41) is 14.0. The Balaban J connectivity index is 0.780. The van der Waals surface area contributed by atoms with E-state index in [1.165, 1.54) is 6.07 Å². The summed E-state index contributed by atoms with van der Waals surface area (Å²) < 4.78 is 49.3. The molecule has 0 saturated carbocycles. The number of benzene rings is 3. The van der Waals surface area contributed by atoms with Crippen molar-refractivity contribution in [1.82, 2.24) is 34.9 Å². The molecular weight excluding hydrogens is 1000 g/mol. The van der Waals surface area contributed by atoms with Crippen LogP contribution in [0.25, 0.3) is 11.1 Å². The van der Waals surface area contributed by atoms with Gasteiger partial charge in [0.25, 0.3) is 11.8 Å². The number of amides is 4. The highest BCUT2D eigenvalue weighted by molar-refractivity contribution is 9.10. The van der Waals surface area contributed by atoms with Crippen molar-refractivity contribution in [3.63, 3.8) is 0 Å². The average molecular weight is 1050 g/mol. The molecule has 372 valence electrons. The standard InChI is InChI=1S/C49H54BrFN11O8P/c1-58-27-29(25-53-58)30-22-36(55-49-52-26-33(50)45(57-49)54-35-5-7-40-43(70-20-19-69-40)44(35)71(3,4)67)41(68-2)24-38(30)61-17-15-59(16-18-61)12-9-28-10-13-60(14-11-28)39-23-32-31(21-34(39)51)47(65)62(48(32)66)37-6-8-42(63)56-46(37)64/h5,7,21-28,37H,6,8-20H2,1-4H3,(H,56,63,64)(H2,52,54,55,57). The van der Waals surface area contributed by atoms with E-state index in [-0.39, 0.29) is 29.7 Å². The molecule has 71 heavy (non-hydrogen) atoms. The van der Waals surface area contributed by atoms with Crippen molar-refractivity contribution in [3.8, 4) is 28.4 Å². The normalized spacial score (nSPS) is 18.7. The highest BCUT2D eigenvalue weighted by Gasteiger charge is 2.45. The predicted octanol–water partition coefficient (Wildman–Crippen LogP) is 6.12. The highest BCUT2D eigenvalue weighted by Crippen LogP contribution is 2.47. The van der Waals surface area contributed by atoms with Crippen LogP contribution in [0.5, 0.6) is 17.2 Å². The van der Waals surface area contributed by atoms with Crippen molar-refractivity contribution in [2.45, 2.75) is 38.1 Å². The molecule has 1 unspecified atom stereocenters. The van der Waals surface area contributed by atoms with Crippen molar-refractivity contribution in [2.75, 3.05) is 99.9 Å². The largest absolute Gasteiger partial charge is 0.494 e. The second-order valence-corrected chi connectivity index (χ2v) is 22.8. The number of methoxy groups -OCH3 is 1. The third kappa shape index (κ3) is 9.66. The average Bonchev–Trinajstić information content (AvgIpc) is 3.89. The van der Waals surface area contributed by atoms with Gasteiger partial charge in [0.2, 0.25) is 17.8 Å². The Kier molecular flexibility index (Phi) is 13.2. The molecule has 0 bridgehead atoms. The SMILES string of the molecule is COc1cc(N2CCN(CCC3CCN(c4cc5c(cc4F)C(=O)N(C4CCC(=O)NC4=O)C5=O)CC3)CC2)c(-c2cnn(C)c2)cc1Nc1ncc(Br)c(Nc2ccc3c(c2P(C)(C)=O)OCCO3)n1. The molecule has 2 aromatic heterocycles. The van der Waals surface area contributed by atoms with E-state index < -0.39 is 42.6 Å². The van der Waals surface area contributed by atoms with Gasteiger partial charge < -0.3 is 39.2 Å². The Labute approximate surface area is 417 Å². The van der Waals surface area contributed by atoms with Crippen molar-refractivity contribution in [3.05, 3.63) is 76.4 Å². The van der Waals surface area contributed by atoms with Crippen LogP contribution < -0.4 is 45.3 Å². The molecule has 7 heterocycles. The third-order valence-electron chi connectivity index (χ3n) is 13.8. The van der Waals surface area contributed by atoms with Crippen LogP contribution in [0.15, 0.2) is 59.5 Å². The van der Waals surface area contributed by atoms with E-state index in [1.807, 2.05) is 42.5 Å². The molecule has 3 saturated heterocycles. The minimum Gasteiger partial charge on any atom is -0.494 e. The van der Waals surface area contributed by atoms with E-state index in [2.05, 4.69) is 51.8 Å². The second kappa shape index (κ2) is 19.6. The van der Waals surface area contributed by atoms with Gasteiger partial charge in [-0.3, -0.25) is 39.0 Å². The fourth-order valence-electron chi connectivity index (χ4n) is 10.1. The van der Waals surface area contributed by atoms with Gasteiger partial charge in [0.1, 0.15) is 43.8 Å². The number of carbonyl (C=O) groups excluding carboxylic acids is 4. The van der Waals surface area contributed by atoms with Gasteiger partial charge in [-0.2, -0.15) is 10.1 Å². The summed E-state index contributed by atoms with van der Waals surface area (Å²) in [5.41, 5.74) is 4.43. The summed E-state index contributed by atoms with van der Waals surface area (Å²) in [6.07, 6.45) is 8.22. The van der Waals surface area contributed by atoms with Crippen LogP contribution in [0.4, 0.5) is 38.9 Å². The molecular formula is C49H54BrFN11O8P. The maximum atomic E-state index is 15.6. The van der Waals surface area contributed by atoms with Crippen LogP contribution in [0.2, 0.25) is 0 Å². The van der Waals surface area contributed by atoms with Crippen LogP contribution in [0, 0.1) is 11.7 Å². The number of nitrogens with zero attached hydrogens (tertiary/aromatic N) is 8. The summed E-state index contributed by atoms with van der Waals surface area (Å²) in [6.45, 7) is 9.60. The number of anilines is 6. The summed E-state index contributed by atoms with van der Waals surface area (Å²) in [5.74, 6) is -0.294. The molecule has 0 spiro atoms. The third-order valence-corrected chi connectivity index (χ3v) is 15.9. The van der Waals surface area contributed by atoms with Crippen molar-refractivity contribution in [2.24, 2.45) is 13.0 Å². The molecule has 0 aliphatic carbocycles. The smallest absolute Gasteiger partial charge is 0.262 e. The van der Waals surface area contributed by atoms with Crippen molar-refractivity contribution in [1.29, 1.82) is 0 Å². The molecule has 4 amide bonds. The van der Waals surface area contributed by atoms with Crippen LogP contribution >= 0.6 is 23.1 Å². The highest BCUT2D eigenvalue weighted by atomic mass is 79.9. The topological polar surface area (TPSA) is 206 Å². The lowest BCUT2D eigenvalue weighted by atomic mass is 9.92. The summed E-state index contributed by atoms with van der Waals surface area (Å²) >= 11 is 3.59. The quantitative estimate of drug-likeness (QED) is 0.0897. The molecule has 5 aliphatic heterocycles. The first-order chi connectivity index (χ1) is 34.1. The molecule has 22 heteroatoms. The van der Waals surface area contributed by atoms with Gasteiger partial charge >= 0.3 is 0 Å². The zero-order valence-electron chi connectivity index (χ0n) is 39.8. The molecule has 5 aliphatic rings. The van der Waals surface area contributed by atoms with E-state index in [4.69, 9.17) is 19.2 Å². The number of carbonyl (C=O) groups is 4. The van der Waals surface area contributed by atoms with Crippen LogP contribution in [-0.4, -0.2) is 139 Å².